The van der Waals surface area contributed by atoms with Crippen LogP contribution in [0.2, 0.25) is 0 Å². The van der Waals surface area contributed by atoms with Crippen LogP contribution < -0.4 is 4.90 Å². The molecule has 1 aromatic rings. The predicted octanol–water partition coefficient (Wildman–Crippen LogP) is 3.28. The van der Waals surface area contributed by atoms with Crippen LogP contribution in [0.1, 0.15) is 24.8 Å². The second-order valence-corrected chi connectivity index (χ2v) is 3.72. The van der Waals surface area contributed by atoms with E-state index in [1.807, 2.05) is 6.07 Å². The summed E-state index contributed by atoms with van der Waals surface area (Å²) in [5.74, 6) is 0. The van der Waals surface area contributed by atoms with E-state index in [0.717, 1.165) is 5.56 Å². The van der Waals surface area contributed by atoms with Crippen molar-refractivity contribution in [3.05, 3.63) is 36.8 Å². The molecule has 0 amide bonds. The van der Waals surface area contributed by atoms with Crippen LogP contribution >= 0.6 is 12.4 Å². The van der Waals surface area contributed by atoms with Gasteiger partial charge in [0, 0.05) is 18.8 Å². The van der Waals surface area contributed by atoms with E-state index in [4.69, 9.17) is 0 Å². The number of anilines is 1. The summed E-state index contributed by atoms with van der Waals surface area (Å²) in [5, 5.41) is 0. The Balaban J connectivity index is 0.000000980. The van der Waals surface area contributed by atoms with E-state index in [-0.39, 0.29) is 12.4 Å². The highest BCUT2D eigenvalue weighted by atomic mass is 35.5. The lowest BCUT2D eigenvalue weighted by molar-refractivity contribution is 0.578. The fourth-order valence-electron chi connectivity index (χ4n) is 1.91. The van der Waals surface area contributed by atoms with Gasteiger partial charge in [0.15, 0.2) is 0 Å². The maximum atomic E-state index is 3.95. The Morgan fingerprint density at radius 2 is 1.79 bits per heavy atom. The molecule has 2 heteroatoms. The third kappa shape index (κ3) is 2.65. The van der Waals surface area contributed by atoms with Gasteiger partial charge in [0.05, 0.1) is 0 Å². The molecule has 1 nitrogen and oxygen atoms in total. The van der Waals surface area contributed by atoms with Gasteiger partial charge in [-0.05, 0) is 43.9 Å². The van der Waals surface area contributed by atoms with Crippen LogP contribution in [-0.2, 0) is 0 Å². The van der Waals surface area contributed by atoms with Crippen LogP contribution in [0.15, 0.2) is 24.3 Å². The van der Waals surface area contributed by atoms with Gasteiger partial charge in [0.2, 0.25) is 0 Å². The monoisotopic (exact) mass is 210 g/mol. The summed E-state index contributed by atoms with van der Waals surface area (Å²) >= 11 is 0. The van der Waals surface area contributed by atoms with Crippen LogP contribution in [0.5, 0.6) is 0 Å². The first kappa shape index (κ1) is 11.4. The molecule has 77 valence electrons. The van der Waals surface area contributed by atoms with Crippen LogP contribution in [-0.4, -0.2) is 13.1 Å². The maximum Gasteiger partial charge on any atom is 0.0368 e. The van der Waals surface area contributed by atoms with Gasteiger partial charge in [-0.3, -0.25) is 0 Å². The van der Waals surface area contributed by atoms with Crippen molar-refractivity contribution < 1.29 is 0 Å². The molecule has 1 aromatic carbocycles. The van der Waals surface area contributed by atoms with Gasteiger partial charge in [0.25, 0.3) is 0 Å². The van der Waals surface area contributed by atoms with Gasteiger partial charge < -0.3 is 4.90 Å². The molecule has 0 saturated carbocycles. The molecule has 0 bridgehead atoms. The Morgan fingerprint density at radius 1 is 1.07 bits per heavy atom. The van der Waals surface area contributed by atoms with Crippen LogP contribution in [0.4, 0.5) is 5.69 Å². The molecule has 0 aliphatic carbocycles. The zero-order chi connectivity index (χ0) is 9.10. The summed E-state index contributed by atoms with van der Waals surface area (Å²) in [7, 11) is 0. The summed E-state index contributed by atoms with van der Waals surface area (Å²) in [5.41, 5.74) is 2.45. The molecule has 1 fully saturated rings. The number of nitrogens with zero attached hydrogens (tertiary/aromatic N) is 1. The number of benzene rings is 1. The molecule has 0 N–H and O–H groups in total. The first-order valence-corrected chi connectivity index (χ1v) is 5.03. The molecule has 1 heterocycles. The lowest BCUT2D eigenvalue weighted by Gasteiger charge is -2.28. The van der Waals surface area contributed by atoms with Crippen molar-refractivity contribution in [3.8, 4) is 0 Å². The molecule has 0 atom stereocenters. The quantitative estimate of drug-likeness (QED) is 0.688. The average Bonchev–Trinajstić information content (AvgIpc) is 2.19. The van der Waals surface area contributed by atoms with Crippen molar-refractivity contribution in [2.24, 2.45) is 0 Å². The average molecular weight is 211 g/mol. The first-order valence-electron chi connectivity index (χ1n) is 5.03. The number of piperidine rings is 1. The predicted molar refractivity (Wildman–Crippen MR) is 64.2 cm³/mol. The normalized spacial score (nSPS) is 16.2. The van der Waals surface area contributed by atoms with E-state index in [2.05, 4.69) is 30.0 Å². The minimum Gasteiger partial charge on any atom is -0.372 e. The van der Waals surface area contributed by atoms with Gasteiger partial charge in [-0.2, -0.15) is 0 Å². The van der Waals surface area contributed by atoms with Gasteiger partial charge in [-0.1, -0.05) is 12.1 Å². The Bertz CT molecular complexity index is 279. The third-order valence-corrected chi connectivity index (χ3v) is 2.63. The van der Waals surface area contributed by atoms with Gasteiger partial charge in [-0.25, -0.2) is 0 Å². The minimum atomic E-state index is 0. The molecule has 1 saturated heterocycles. The van der Waals surface area contributed by atoms with Crippen molar-refractivity contribution >= 4 is 18.1 Å². The second kappa shape index (κ2) is 5.26. The topological polar surface area (TPSA) is 3.24 Å². The highest BCUT2D eigenvalue weighted by molar-refractivity contribution is 5.85. The van der Waals surface area contributed by atoms with E-state index in [9.17, 15) is 0 Å². The largest absolute Gasteiger partial charge is 0.372 e. The Hall–Kier alpha value is -0.690. The minimum absolute atomic E-state index is 0. The fourth-order valence-corrected chi connectivity index (χ4v) is 1.91. The van der Waals surface area contributed by atoms with Crippen LogP contribution in [0.25, 0.3) is 0 Å². The van der Waals surface area contributed by atoms with Crippen LogP contribution in [0, 0.1) is 6.92 Å². The molecule has 1 radical (unpaired) electrons. The summed E-state index contributed by atoms with van der Waals surface area (Å²) in [6.45, 7) is 6.37. The van der Waals surface area contributed by atoms with Crippen LogP contribution in [0.3, 0.4) is 0 Å². The standard InChI is InChI=1S/C12H16N.ClH/c1-11-6-5-7-12(10-11)13-8-3-2-4-9-13;/h5-7,10H,1-4,8-9H2;1H. The van der Waals surface area contributed by atoms with Crippen molar-refractivity contribution in [1.82, 2.24) is 0 Å². The smallest absolute Gasteiger partial charge is 0.0368 e. The number of halogens is 1. The van der Waals surface area contributed by atoms with Crippen molar-refractivity contribution in [3.63, 3.8) is 0 Å². The Labute approximate surface area is 92.5 Å². The molecule has 2 rings (SSSR count). The molecular formula is C12H17ClN. The second-order valence-electron chi connectivity index (χ2n) is 3.72. The lowest BCUT2D eigenvalue weighted by atomic mass is 10.1. The lowest BCUT2D eigenvalue weighted by Crippen LogP contribution is -2.29. The molecule has 0 unspecified atom stereocenters. The first-order chi connectivity index (χ1) is 6.36. The maximum absolute atomic E-state index is 3.95. The number of hydrogen-bond donors (Lipinski definition) is 0. The van der Waals surface area contributed by atoms with E-state index < -0.39 is 0 Å². The summed E-state index contributed by atoms with van der Waals surface area (Å²) in [6, 6.07) is 8.49. The van der Waals surface area contributed by atoms with E-state index >= 15 is 0 Å². The van der Waals surface area contributed by atoms with Gasteiger partial charge >= 0.3 is 0 Å². The highest BCUT2D eigenvalue weighted by Crippen LogP contribution is 2.20. The van der Waals surface area contributed by atoms with Crippen molar-refractivity contribution in [2.75, 3.05) is 18.0 Å². The van der Waals surface area contributed by atoms with Crippen molar-refractivity contribution in [2.45, 2.75) is 19.3 Å². The SMILES string of the molecule is Cl.[CH2]c1cccc(N2CCCCC2)c1. The molecule has 0 aromatic heterocycles. The summed E-state index contributed by atoms with van der Waals surface area (Å²) in [6.07, 6.45) is 4.06. The van der Waals surface area contributed by atoms with E-state index in [1.54, 1.807) is 0 Å². The Kier molecular flexibility index (Phi) is 4.27. The van der Waals surface area contributed by atoms with Crippen molar-refractivity contribution in [1.29, 1.82) is 0 Å². The molecule has 14 heavy (non-hydrogen) atoms. The molecule has 1 aliphatic heterocycles. The highest BCUT2D eigenvalue weighted by Gasteiger charge is 2.09. The fraction of sp³-hybridized carbons (Fsp3) is 0.417. The van der Waals surface area contributed by atoms with Gasteiger partial charge in [-0.15, -0.1) is 12.4 Å². The molecular weight excluding hydrogens is 194 g/mol. The summed E-state index contributed by atoms with van der Waals surface area (Å²) < 4.78 is 0. The third-order valence-electron chi connectivity index (χ3n) is 2.63. The summed E-state index contributed by atoms with van der Waals surface area (Å²) in [4.78, 5) is 2.46. The molecule has 1 aliphatic rings. The number of hydrogen-bond acceptors (Lipinski definition) is 1. The Morgan fingerprint density at radius 3 is 2.43 bits per heavy atom. The molecule has 0 spiro atoms. The zero-order valence-electron chi connectivity index (χ0n) is 8.41. The zero-order valence-corrected chi connectivity index (χ0v) is 9.22. The van der Waals surface area contributed by atoms with Gasteiger partial charge in [0.1, 0.15) is 0 Å². The van der Waals surface area contributed by atoms with E-state index in [1.165, 1.54) is 38.0 Å². The van der Waals surface area contributed by atoms with E-state index in [0.29, 0.717) is 0 Å². The number of rotatable bonds is 1.